The van der Waals surface area contributed by atoms with Gasteiger partial charge in [-0.15, -0.1) is 0 Å². The minimum Gasteiger partial charge on any atom is -0.311 e. The lowest BCUT2D eigenvalue weighted by atomic mass is 9.72. The van der Waals surface area contributed by atoms with Gasteiger partial charge >= 0.3 is 0 Å². The largest absolute Gasteiger partial charge is 0.311 e. The van der Waals surface area contributed by atoms with Crippen molar-refractivity contribution in [2.24, 2.45) is 17.8 Å². The summed E-state index contributed by atoms with van der Waals surface area (Å²) in [6.07, 6.45) is 8.92. The topological polar surface area (TPSA) is 23.6 Å². The summed E-state index contributed by atoms with van der Waals surface area (Å²) in [5.41, 5.74) is 1.92. The molecule has 160 valence electrons. The second kappa shape index (κ2) is 8.37. The Morgan fingerprint density at radius 3 is 2.69 bits per heavy atom. The Balaban J connectivity index is 1.43. The number of piperidine rings is 1. The molecule has 4 rings (SSSR count). The lowest BCUT2D eigenvalue weighted by molar-refractivity contribution is -0.116. The van der Waals surface area contributed by atoms with E-state index in [2.05, 4.69) is 18.7 Å². The maximum atomic E-state index is 14.0. The van der Waals surface area contributed by atoms with E-state index in [0.717, 1.165) is 54.9 Å². The van der Waals surface area contributed by atoms with Gasteiger partial charge in [0.15, 0.2) is 0 Å². The van der Waals surface area contributed by atoms with Crippen molar-refractivity contribution in [3.05, 3.63) is 29.6 Å². The predicted octanol–water partition coefficient (Wildman–Crippen LogP) is 5.38. The summed E-state index contributed by atoms with van der Waals surface area (Å²) >= 11 is 0. The number of likely N-dealkylation sites (tertiary alicyclic amines) is 1. The van der Waals surface area contributed by atoms with E-state index in [-0.39, 0.29) is 17.1 Å². The molecule has 2 heterocycles. The van der Waals surface area contributed by atoms with Gasteiger partial charge in [0.2, 0.25) is 5.91 Å². The summed E-state index contributed by atoms with van der Waals surface area (Å²) in [5.74, 6) is 2.44. The molecule has 29 heavy (non-hydrogen) atoms. The van der Waals surface area contributed by atoms with Crippen LogP contribution in [0.2, 0.25) is 0 Å². The molecule has 0 N–H and O–H groups in total. The Kier molecular flexibility index (Phi) is 6.02. The van der Waals surface area contributed by atoms with Gasteiger partial charge in [0.25, 0.3) is 0 Å². The summed E-state index contributed by atoms with van der Waals surface area (Å²) in [4.78, 5) is 16.7. The number of nitrogens with zero attached hydrogens (tertiary/aromatic N) is 2. The highest BCUT2D eigenvalue weighted by Gasteiger charge is 2.46. The summed E-state index contributed by atoms with van der Waals surface area (Å²) in [7, 11) is 0. The molecule has 3 atom stereocenters. The molecular formula is C25H37FN2O. The van der Waals surface area contributed by atoms with Crippen LogP contribution in [0.25, 0.3) is 0 Å². The van der Waals surface area contributed by atoms with E-state index in [1.807, 2.05) is 4.90 Å². The minimum atomic E-state index is -0.186. The first-order valence-electron chi connectivity index (χ1n) is 11.7. The minimum absolute atomic E-state index is 0.0650. The number of benzene rings is 1. The zero-order valence-corrected chi connectivity index (χ0v) is 18.4. The first kappa shape index (κ1) is 20.8. The van der Waals surface area contributed by atoms with E-state index in [4.69, 9.17) is 0 Å². The van der Waals surface area contributed by atoms with E-state index < -0.39 is 0 Å². The molecule has 1 saturated carbocycles. The molecule has 0 radical (unpaired) electrons. The van der Waals surface area contributed by atoms with Crippen LogP contribution in [0.4, 0.5) is 10.1 Å². The average Bonchev–Trinajstić information content (AvgIpc) is 3.00. The Labute approximate surface area is 175 Å². The van der Waals surface area contributed by atoms with Crippen molar-refractivity contribution in [2.45, 2.75) is 71.1 Å². The van der Waals surface area contributed by atoms with Crippen molar-refractivity contribution in [3.63, 3.8) is 0 Å². The molecule has 0 bridgehead atoms. The summed E-state index contributed by atoms with van der Waals surface area (Å²) in [5, 5.41) is 0. The molecular weight excluding hydrogens is 363 g/mol. The van der Waals surface area contributed by atoms with Gasteiger partial charge in [-0.3, -0.25) is 4.79 Å². The Morgan fingerprint density at radius 2 is 2.00 bits per heavy atom. The second-order valence-corrected chi connectivity index (χ2v) is 10.1. The molecule has 4 heteroatoms. The molecule has 3 unspecified atom stereocenters. The predicted molar refractivity (Wildman–Crippen MR) is 117 cm³/mol. The molecule has 3 nitrogen and oxygen atoms in total. The van der Waals surface area contributed by atoms with Crippen LogP contribution >= 0.6 is 0 Å². The highest BCUT2D eigenvalue weighted by molar-refractivity contribution is 5.94. The first-order chi connectivity index (χ1) is 13.9. The fraction of sp³-hybridized carbons (Fsp3) is 0.720. The molecule has 3 aliphatic rings. The van der Waals surface area contributed by atoms with Crippen LogP contribution in [0.1, 0.15) is 71.3 Å². The smallest absolute Gasteiger partial charge is 0.223 e. The van der Waals surface area contributed by atoms with E-state index in [1.54, 1.807) is 19.1 Å². The van der Waals surface area contributed by atoms with Crippen molar-refractivity contribution in [1.29, 1.82) is 0 Å². The van der Waals surface area contributed by atoms with Gasteiger partial charge in [0.05, 0.1) is 0 Å². The van der Waals surface area contributed by atoms with Crippen LogP contribution in [0.15, 0.2) is 18.2 Å². The van der Waals surface area contributed by atoms with Gasteiger partial charge in [0.1, 0.15) is 5.82 Å². The lowest BCUT2D eigenvalue weighted by Gasteiger charge is -2.43. The normalized spacial score (nSPS) is 29.2. The van der Waals surface area contributed by atoms with Gasteiger partial charge in [-0.05, 0) is 73.9 Å². The number of carbonyl (C=O) groups is 1. The highest BCUT2D eigenvalue weighted by atomic mass is 19.1. The fourth-order valence-electron chi connectivity index (χ4n) is 6.28. The molecule has 1 aliphatic carbocycles. The van der Waals surface area contributed by atoms with Crippen molar-refractivity contribution >= 4 is 11.6 Å². The molecule has 1 aromatic rings. The zero-order chi connectivity index (χ0) is 20.6. The van der Waals surface area contributed by atoms with Crippen molar-refractivity contribution in [1.82, 2.24) is 4.90 Å². The van der Waals surface area contributed by atoms with Gasteiger partial charge in [-0.2, -0.15) is 0 Å². The number of amides is 1. The van der Waals surface area contributed by atoms with Gasteiger partial charge in [-0.25, -0.2) is 4.39 Å². The SMILES string of the molecule is CCCC1CCC(C)C(CN2CCC3(CC2)CN(C(C)=O)c2ccc(F)cc23)C1. The maximum Gasteiger partial charge on any atom is 0.223 e. The third-order valence-corrected chi connectivity index (χ3v) is 8.14. The summed E-state index contributed by atoms with van der Waals surface area (Å²) in [6, 6.07) is 4.97. The Bertz CT molecular complexity index is 740. The number of fused-ring (bicyclic) bond motifs is 2. The van der Waals surface area contributed by atoms with Gasteiger partial charge in [-0.1, -0.05) is 39.5 Å². The average molecular weight is 401 g/mol. The fourth-order valence-corrected chi connectivity index (χ4v) is 6.28. The number of hydrogen-bond acceptors (Lipinski definition) is 2. The van der Waals surface area contributed by atoms with Crippen molar-refractivity contribution in [2.75, 3.05) is 31.1 Å². The molecule has 0 aromatic heterocycles. The van der Waals surface area contributed by atoms with E-state index >= 15 is 0 Å². The Morgan fingerprint density at radius 1 is 1.24 bits per heavy atom. The lowest BCUT2D eigenvalue weighted by Crippen LogP contribution is -2.47. The standard InChI is InChI=1S/C25H37FN2O/c1-4-5-20-7-6-18(2)21(14-20)16-27-12-10-25(11-13-27)17-28(19(3)29)24-9-8-22(26)15-23(24)25/h8-9,15,18,20-21H,4-7,10-14,16-17H2,1-3H3. The molecule has 1 saturated heterocycles. The zero-order valence-electron chi connectivity index (χ0n) is 18.4. The Hall–Kier alpha value is -1.42. The summed E-state index contributed by atoms with van der Waals surface area (Å²) in [6.45, 7) is 10.4. The first-order valence-corrected chi connectivity index (χ1v) is 11.7. The van der Waals surface area contributed by atoms with Crippen LogP contribution in [-0.2, 0) is 10.2 Å². The van der Waals surface area contributed by atoms with Crippen molar-refractivity contribution < 1.29 is 9.18 Å². The van der Waals surface area contributed by atoms with Crippen LogP contribution in [0.5, 0.6) is 0 Å². The maximum absolute atomic E-state index is 14.0. The molecule has 1 aromatic carbocycles. The third kappa shape index (κ3) is 4.10. The monoisotopic (exact) mass is 400 g/mol. The van der Waals surface area contributed by atoms with Crippen LogP contribution in [0, 0.1) is 23.6 Å². The van der Waals surface area contributed by atoms with Crippen LogP contribution < -0.4 is 4.90 Å². The third-order valence-electron chi connectivity index (χ3n) is 8.14. The van der Waals surface area contributed by atoms with E-state index in [1.165, 1.54) is 44.7 Å². The van der Waals surface area contributed by atoms with E-state index in [0.29, 0.717) is 6.54 Å². The highest BCUT2D eigenvalue weighted by Crippen LogP contribution is 2.47. The second-order valence-electron chi connectivity index (χ2n) is 10.1. The molecule has 1 spiro atoms. The number of anilines is 1. The quantitative estimate of drug-likeness (QED) is 0.677. The van der Waals surface area contributed by atoms with Gasteiger partial charge < -0.3 is 9.80 Å². The molecule has 2 aliphatic heterocycles. The number of rotatable bonds is 4. The van der Waals surface area contributed by atoms with Gasteiger partial charge in [0, 0.05) is 31.1 Å². The van der Waals surface area contributed by atoms with Crippen LogP contribution in [0.3, 0.4) is 0 Å². The van der Waals surface area contributed by atoms with E-state index in [9.17, 15) is 9.18 Å². The number of hydrogen-bond donors (Lipinski definition) is 0. The van der Waals surface area contributed by atoms with Crippen molar-refractivity contribution in [3.8, 4) is 0 Å². The van der Waals surface area contributed by atoms with Crippen LogP contribution in [-0.4, -0.2) is 37.0 Å². The number of halogens is 1. The molecule has 2 fully saturated rings. The summed E-state index contributed by atoms with van der Waals surface area (Å²) < 4.78 is 14.0. The number of carbonyl (C=O) groups excluding carboxylic acids is 1. The molecule has 1 amide bonds.